The predicted octanol–water partition coefficient (Wildman–Crippen LogP) is 5.50. The highest BCUT2D eigenvalue weighted by molar-refractivity contribution is 6.21. The molecule has 0 atom stereocenters. The molecule has 3 aromatic carbocycles. The van der Waals surface area contributed by atoms with Crippen LogP contribution in [0.15, 0.2) is 66.7 Å². The Morgan fingerprint density at radius 1 is 0.655 bits per heavy atom. The SMILES string of the molecule is O=C1c2ccccc2C(=O)N1CCCCCCCNc1cccc2ccccc12. The highest BCUT2D eigenvalue weighted by Crippen LogP contribution is 2.24. The molecule has 148 valence electrons. The van der Waals surface area contributed by atoms with E-state index in [0.717, 1.165) is 38.6 Å². The number of rotatable bonds is 9. The van der Waals surface area contributed by atoms with Crippen LogP contribution in [0.4, 0.5) is 5.69 Å². The number of unbranched alkanes of at least 4 members (excludes halogenated alkanes) is 4. The molecule has 4 rings (SSSR count). The summed E-state index contributed by atoms with van der Waals surface area (Å²) in [4.78, 5) is 26.1. The molecule has 1 aliphatic heterocycles. The van der Waals surface area contributed by atoms with Crippen LogP contribution in [0.1, 0.15) is 52.8 Å². The maximum atomic E-state index is 12.3. The molecule has 4 nitrogen and oxygen atoms in total. The molecule has 0 radical (unpaired) electrons. The molecule has 29 heavy (non-hydrogen) atoms. The summed E-state index contributed by atoms with van der Waals surface area (Å²) in [6.07, 6.45) is 5.25. The van der Waals surface area contributed by atoms with Gasteiger partial charge in [-0.3, -0.25) is 14.5 Å². The molecule has 0 spiro atoms. The van der Waals surface area contributed by atoms with Crippen molar-refractivity contribution in [2.45, 2.75) is 32.1 Å². The second-order valence-corrected chi connectivity index (χ2v) is 7.53. The predicted molar refractivity (Wildman–Crippen MR) is 117 cm³/mol. The molecule has 4 heteroatoms. The average molecular weight is 386 g/mol. The van der Waals surface area contributed by atoms with Gasteiger partial charge in [0.05, 0.1) is 11.1 Å². The number of nitrogens with zero attached hydrogens (tertiary/aromatic N) is 1. The van der Waals surface area contributed by atoms with Crippen LogP contribution < -0.4 is 5.32 Å². The minimum Gasteiger partial charge on any atom is -0.385 e. The quantitative estimate of drug-likeness (QED) is 0.390. The number of imide groups is 1. The van der Waals surface area contributed by atoms with E-state index in [1.165, 1.54) is 21.4 Å². The van der Waals surface area contributed by atoms with Gasteiger partial charge >= 0.3 is 0 Å². The third kappa shape index (κ3) is 4.16. The fraction of sp³-hybridized carbons (Fsp3) is 0.280. The monoisotopic (exact) mass is 386 g/mol. The largest absolute Gasteiger partial charge is 0.385 e. The number of benzene rings is 3. The number of carbonyl (C=O) groups excluding carboxylic acids is 2. The van der Waals surface area contributed by atoms with Crippen molar-refractivity contribution in [1.82, 2.24) is 4.90 Å². The van der Waals surface area contributed by atoms with Crippen LogP contribution in [-0.4, -0.2) is 29.8 Å². The maximum Gasteiger partial charge on any atom is 0.261 e. The summed E-state index contributed by atoms with van der Waals surface area (Å²) in [6, 6.07) is 21.8. The van der Waals surface area contributed by atoms with Crippen molar-refractivity contribution in [2.24, 2.45) is 0 Å². The van der Waals surface area contributed by atoms with Crippen molar-refractivity contribution in [2.75, 3.05) is 18.4 Å². The Labute approximate surface area is 171 Å². The van der Waals surface area contributed by atoms with E-state index in [1.807, 2.05) is 0 Å². The lowest BCUT2D eigenvalue weighted by atomic mass is 10.1. The fourth-order valence-electron chi connectivity index (χ4n) is 3.97. The molecular weight excluding hydrogens is 360 g/mol. The number of carbonyl (C=O) groups is 2. The summed E-state index contributed by atoms with van der Waals surface area (Å²) >= 11 is 0. The Kier molecular flexibility index (Phi) is 5.89. The molecule has 1 aliphatic rings. The molecule has 1 N–H and O–H groups in total. The standard InChI is InChI=1S/C25H26N2O2/c28-24-21-14-6-7-15-22(21)25(29)27(24)18-9-3-1-2-8-17-26-23-16-10-12-19-11-4-5-13-20(19)23/h4-7,10-16,26H,1-3,8-9,17-18H2. The van der Waals surface area contributed by atoms with E-state index in [1.54, 1.807) is 24.3 Å². The van der Waals surface area contributed by atoms with Crippen LogP contribution >= 0.6 is 0 Å². The second kappa shape index (κ2) is 8.91. The molecule has 0 bridgehead atoms. The van der Waals surface area contributed by atoms with Gasteiger partial charge in [-0.1, -0.05) is 67.8 Å². The van der Waals surface area contributed by atoms with Gasteiger partial charge in [0.15, 0.2) is 0 Å². The van der Waals surface area contributed by atoms with Gasteiger partial charge in [0.2, 0.25) is 0 Å². The topological polar surface area (TPSA) is 49.4 Å². The van der Waals surface area contributed by atoms with Gasteiger partial charge in [-0.15, -0.1) is 0 Å². The van der Waals surface area contributed by atoms with Gasteiger partial charge in [0, 0.05) is 24.2 Å². The highest BCUT2D eigenvalue weighted by atomic mass is 16.2. The third-order valence-electron chi connectivity index (χ3n) is 5.54. The van der Waals surface area contributed by atoms with Crippen molar-refractivity contribution < 1.29 is 9.59 Å². The number of hydrogen-bond acceptors (Lipinski definition) is 3. The molecule has 0 aromatic heterocycles. The van der Waals surface area contributed by atoms with Crippen molar-refractivity contribution in [3.63, 3.8) is 0 Å². The van der Waals surface area contributed by atoms with Crippen molar-refractivity contribution in [3.8, 4) is 0 Å². The maximum absolute atomic E-state index is 12.3. The van der Waals surface area contributed by atoms with E-state index in [4.69, 9.17) is 0 Å². The molecular formula is C25H26N2O2. The normalized spacial score (nSPS) is 13.2. The van der Waals surface area contributed by atoms with E-state index in [-0.39, 0.29) is 11.8 Å². The van der Waals surface area contributed by atoms with E-state index < -0.39 is 0 Å². The van der Waals surface area contributed by atoms with Crippen LogP contribution in [0.3, 0.4) is 0 Å². The minimum absolute atomic E-state index is 0.148. The van der Waals surface area contributed by atoms with Crippen LogP contribution in [0, 0.1) is 0 Å². The zero-order valence-electron chi connectivity index (χ0n) is 16.6. The molecule has 3 aromatic rings. The highest BCUT2D eigenvalue weighted by Gasteiger charge is 2.34. The lowest BCUT2D eigenvalue weighted by Crippen LogP contribution is -2.30. The lowest BCUT2D eigenvalue weighted by Gasteiger charge is -2.13. The summed E-state index contributed by atoms with van der Waals surface area (Å²) in [7, 11) is 0. The van der Waals surface area contributed by atoms with Crippen molar-refractivity contribution >= 4 is 28.3 Å². The van der Waals surface area contributed by atoms with Crippen molar-refractivity contribution in [1.29, 1.82) is 0 Å². The van der Waals surface area contributed by atoms with Gasteiger partial charge in [0.1, 0.15) is 0 Å². The summed E-state index contributed by atoms with van der Waals surface area (Å²) in [5.74, 6) is -0.297. The first-order valence-corrected chi connectivity index (χ1v) is 10.4. The minimum atomic E-state index is -0.148. The van der Waals surface area contributed by atoms with Crippen LogP contribution in [0.5, 0.6) is 0 Å². The van der Waals surface area contributed by atoms with Gasteiger partial charge in [-0.25, -0.2) is 0 Å². The average Bonchev–Trinajstić information content (AvgIpc) is 3.00. The first kappa shape index (κ1) is 19.2. The summed E-state index contributed by atoms with van der Waals surface area (Å²) in [6.45, 7) is 1.47. The number of amides is 2. The first-order valence-electron chi connectivity index (χ1n) is 10.4. The zero-order valence-corrected chi connectivity index (χ0v) is 16.6. The molecule has 0 aliphatic carbocycles. The number of hydrogen-bond donors (Lipinski definition) is 1. The first-order chi connectivity index (χ1) is 14.3. The van der Waals surface area contributed by atoms with Gasteiger partial charge in [0.25, 0.3) is 11.8 Å². The zero-order chi connectivity index (χ0) is 20.1. The van der Waals surface area contributed by atoms with E-state index in [0.29, 0.717) is 17.7 Å². The van der Waals surface area contributed by atoms with Crippen LogP contribution in [-0.2, 0) is 0 Å². The summed E-state index contributed by atoms with van der Waals surface area (Å²) in [5, 5.41) is 6.06. The fourth-order valence-corrected chi connectivity index (χ4v) is 3.97. The molecule has 0 fully saturated rings. The molecule has 0 saturated carbocycles. The Hall–Kier alpha value is -3.14. The van der Waals surface area contributed by atoms with E-state index in [2.05, 4.69) is 47.8 Å². The smallest absolute Gasteiger partial charge is 0.261 e. The van der Waals surface area contributed by atoms with Crippen LogP contribution in [0.2, 0.25) is 0 Å². The van der Waals surface area contributed by atoms with Crippen LogP contribution in [0.25, 0.3) is 10.8 Å². The lowest BCUT2D eigenvalue weighted by molar-refractivity contribution is 0.0651. The molecule has 0 saturated heterocycles. The number of nitrogens with one attached hydrogen (secondary N) is 1. The third-order valence-corrected chi connectivity index (χ3v) is 5.54. The second-order valence-electron chi connectivity index (χ2n) is 7.53. The Bertz CT molecular complexity index is 988. The molecule has 2 amide bonds. The Balaban J connectivity index is 1.14. The van der Waals surface area contributed by atoms with Gasteiger partial charge < -0.3 is 5.32 Å². The van der Waals surface area contributed by atoms with Gasteiger partial charge in [-0.2, -0.15) is 0 Å². The summed E-state index contributed by atoms with van der Waals surface area (Å²) in [5.41, 5.74) is 2.27. The Morgan fingerprint density at radius 3 is 2.07 bits per heavy atom. The van der Waals surface area contributed by atoms with Gasteiger partial charge in [-0.05, 0) is 36.4 Å². The number of fused-ring (bicyclic) bond motifs is 2. The van der Waals surface area contributed by atoms with E-state index in [9.17, 15) is 9.59 Å². The summed E-state index contributed by atoms with van der Waals surface area (Å²) < 4.78 is 0. The van der Waals surface area contributed by atoms with E-state index >= 15 is 0 Å². The van der Waals surface area contributed by atoms with Crippen molar-refractivity contribution in [3.05, 3.63) is 77.9 Å². The Morgan fingerprint density at radius 2 is 1.28 bits per heavy atom. The molecule has 0 unspecified atom stereocenters. The number of anilines is 1. The molecule has 1 heterocycles.